The lowest BCUT2D eigenvalue weighted by Crippen LogP contribution is -2.45. The fourth-order valence-corrected chi connectivity index (χ4v) is 2.88. The van der Waals surface area contributed by atoms with E-state index in [9.17, 15) is 4.79 Å². The second-order valence-electron chi connectivity index (χ2n) is 5.77. The number of amides is 1. The van der Waals surface area contributed by atoms with Gasteiger partial charge in [-0.1, -0.05) is 5.16 Å². The monoisotopic (exact) mass is 294 g/mol. The molecule has 116 valence electrons. The SMILES string of the molecule is O=C(c1noc(C2CCCN2)n1)N(CCCO)C1CCC1. The molecule has 2 aliphatic rings. The van der Waals surface area contributed by atoms with Gasteiger partial charge in [0.1, 0.15) is 0 Å². The third-order valence-corrected chi connectivity index (χ3v) is 4.32. The fourth-order valence-electron chi connectivity index (χ4n) is 2.88. The molecule has 1 saturated carbocycles. The fraction of sp³-hybridized carbons (Fsp3) is 0.786. The Balaban J connectivity index is 1.69. The Morgan fingerprint density at radius 2 is 2.24 bits per heavy atom. The van der Waals surface area contributed by atoms with Gasteiger partial charge < -0.3 is 19.8 Å². The van der Waals surface area contributed by atoms with E-state index in [4.69, 9.17) is 9.63 Å². The molecular formula is C14H22N4O3. The quantitative estimate of drug-likeness (QED) is 0.809. The Kier molecular flexibility index (Phi) is 4.50. The highest BCUT2D eigenvalue weighted by molar-refractivity contribution is 5.90. The predicted octanol–water partition coefficient (Wildman–Crippen LogP) is 0.871. The summed E-state index contributed by atoms with van der Waals surface area (Å²) < 4.78 is 5.24. The summed E-state index contributed by atoms with van der Waals surface area (Å²) in [5.41, 5.74) is 0. The van der Waals surface area contributed by atoms with Gasteiger partial charge in [0.15, 0.2) is 0 Å². The molecule has 0 spiro atoms. The van der Waals surface area contributed by atoms with E-state index in [1.807, 2.05) is 0 Å². The summed E-state index contributed by atoms with van der Waals surface area (Å²) in [5, 5.41) is 16.1. The number of carbonyl (C=O) groups is 1. The number of hydrogen-bond acceptors (Lipinski definition) is 6. The van der Waals surface area contributed by atoms with Crippen molar-refractivity contribution in [1.82, 2.24) is 20.4 Å². The smallest absolute Gasteiger partial charge is 0.295 e. The topological polar surface area (TPSA) is 91.5 Å². The van der Waals surface area contributed by atoms with Gasteiger partial charge in [0, 0.05) is 19.2 Å². The van der Waals surface area contributed by atoms with Crippen molar-refractivity contribution in [3.05, 3.63) is 11.7 Å². The van der Waals surface area contributed by atoms with E-state index in [0.29, 0.717) is 18.9 Å². The normalized spacial score (nSPS) is 22.2. The van der Waals surface area contributed by atoms with Gasteiger partial charge in [-0.15, -0.1) is 0 Å². The van der Waals surface area contributed by atoms with Crippen LogP contribution in [0.15, 0.2) is 4.52 Å². The van der Waals surface area contributed by atoms with Crippen LogP contribution in [0.1, 0.15) is 61.1 Å². The lowest BCUT2D eigenvalue weighted by atomic mass is 9.91. The van der Waals surface area contributed by atoms with Crippen LogP contribution in [-0.2, 0) is 0 Å². The molecule has 1 aliphatic carbocycles. The van der Waals surface area contributed by atoms with Crippen LogP contribution in [0.5, 0.6) is 0 Å². The summed E-state index contributed by atoms with van der Waals surface area (Å²) in [4.78, 5) is 18.6. The predicted molar refractivity (Wildman–Crippen MR) is 74.7 cm³/mol. The maximum Gasteiger partial charge on any atom is 0.295 e. The van der Waals surface area contributed by atoms with Crippen molar-refractivity contribution >= 4 is 5.91 Å². The van der Waals surface area contributed by atoms with Gasteiger partial charge in [-0.05, 0) is 45.1 Å². The largest absolute Gasteiger partial charge is 0.396 e. The van der Waals surface area contributed by atoms with Crippen molar-refractivity contribution in [2.24, 2.45) is 0 Å². The molecule has 1 aromatic heterocycles. The molecule has 2 fully saturated rings. The van der Waals surface area contributed by atoms with E-state index in [2.05, 4.69) is 15.5 Å². The number of aromatic nitrogens is 2. The number of hydrogen-bond donors (Lipinski definition) is 2. The van der Waals surface area contributed by atoms with Crippen molar-refractivity contribution < 1.29 is 14.4 Å². The highest BCUT2D eigenvalue weighted by Gasteiger charge is 2.32. The Hall–Kier alpha value is -1.47. The van der Waals surface area contributed by atoms with Crippen molar-refractivity contribution in [1.29, 1.82) is 0 Å². The van der Waals surface area contributed by atoms with Gasteiger partial charge in [0.05, 0.1) is 6.04 Å². The summed E-state index contributed by atoms with van der Waals surface area (Å²) in [6.45, 7) is 1.58. The average Bonchev–Trinajstić information content (AvgIpc) is 3.09. The highest BCUT2D eigenvalue weighted by Crippen LogP contribution is 2.27. The van der Waals surface area contributed by atoms with Crippen LogP contribution >= 0.6 is 0 Å². The zero-order chi connectivity index (χ0) is 14.7. The summed E-state index contributed by atoms with van der Waals surface area (Å²) in [6, 6.07) is 0.337. The molecule has 0 bridgehead atoms. The minimum atomic E-state index is -0.179. The first-order chi connectivity index (χ1) is 10.3. The molecule has 1 amide bonds. The maximum atomic E-state index is 12.6. The van der Waals surface area contributed by atoms with Crippen LogP contribution in [0, 0.1) is 0 Å². The Morgan fingerprint density at radius 1 is 1.38 bits per heavy atom. The summed E-state index contributed by atoms with van der Waals surface area (Å²) >= 11 is 0. The minimum absolute atomic E-state index is 0.0774. The molecule has 2 heterocycles. The molecule has 7 heteroatoms. The van der Waals surface area contributed by atoms with E-state index in [0.717, 1.165) is 38.6 Å². The molecule has 3 rings (SSSR count). The number of rotatable bonds is 6. The lowest BCUT2D eigenvalue weighted by molar-refractivity contribution is 0.0547. The molecule has 1 aromatic rings. The molecule has 1 saturated heterocycles. The second kappa shape index (κ2) is 6.53. The van der Waals surface area contributed by atoms with Crippen molar-refractivity contribution in [2.75, 3.05) is 19.7 Å². The zero-order valence-corrected chi connectivity index (χ0v) is 12.1. The van der Waals surface area contributed by atoms with Crippen LogP contribution < -0.4 is 5.32 Å². The summed E-state index contributed by atoms with van der Waals surface area (Å²) in [6.07, 6.45) is 5.82. The molecular weight excluding hydrogens is 272 g/mol. The van der Waals surface area contributed by atoms with Gasteiger partial charge in [-0.3, -0.25) is 4.79 Å². The van der Waals surface area contributed by atoms with E-state index >= 15 is 0 Å². The average molecular weight is 294 g/mol. The third-order valence-electron chi connectivity index (χ3n) is 4.32. The Labute approximate surface area is 123 Å². The molecule has 1 unspecified atom stereocenters. The van der Waals surface area contributed by atoms with Crippen LogP contribution in [0.25, 0.3) is 0 Å². The number of carbonyl (C=O) groups excluding carboxylic acids is 1. The number of aliphatic hydroxyl groups excluding tert-OH is 1. The lowest BCUT2D eigenvalue weighted by Gasteiger charge is -2.36. The molecule has 2 N–H and O–H groups in total. The first-order valence-electron chi connectivity index (χ1n) is 7.78. The molecule has 21 heavy (non-hydrogen) atoms. The first-order valence-corrected chi connectivity index (χ1v) is 7.78. The highest BCUT2D eigenvalue weighted by atomic mass is 16.5. The number of aliphatic hydroxyl groups is 1. The standard InChI is InChI=1S/C14H22N4O3/c19-9-3-8-18(10-4-1-5-10)14(20)12-16-13(21-17-12)11-6-2-7-15-11/h10-11,15,19H,1-9H2. The molecule has 0 aromatic carbocycles. The second-order valence-corrected chi connectivity index (χ2v) is 5.77. The van der Waals surface area contributed by atoms with Crippen molar-refractivity contribution in [2.45, 2.75) is 50.6 Å². The molecule has 1 aliphatic heterocycles. The Morgan fingerprint density at radius 3 is 2.86 bits per heavy atom. The number of nitrogens with one attached hydrogen (secondary N) is 1. The molecule has 0 radical (unpaired) electrons. The van der Waals surface area contributed by atoms with Crippen LogP contribution in [0.2, 0.25) is 0 Å². The van der Waals surface area contributed by atoms with Crippen LogP contribution in [0.3, 0.4) is 0 Å². The minimum Gasteiger partial charge on any atom is -0.396 e. The molecule has 1 atom stereocenters. The van der Waals surface area contributed by atoms with Gasteiger partial charge >= 0.3 is 0 Å². The Bertz CT molecular complexity index is 480. The van der Waals surface area contributed by atoms with Crippen molar-refractivity contribution in [3.63, 3.8) is 0 Å². The van der Waals surface area contributed by atoms with E-state index < -0.39 is 0 Å². The van der Waals surface area contributed by atoms with Gasteiger partial charge in [0.2, 0.25) is 5.89 Å². The van der Waals surface area contributed by atoms with Crippen LogP contribution in [-0.4, -0.2) is 51.8 Å². The number of nitrogens with zero attached hydrogens (tertiary/aromatic N) is 3. The first kappa shape index (κ1) is 14.5. The van der Waals surface area contributed by atoms with E-state index in [-0.39, 0.29) is 30.4 Å². The zero-order valence-electron chi connectivity index (χ0n) is 12.1. The van der Waals surface area contributed by atoms with E-state index in [1.54, 1.807) is 4.90 Å². The summed E-state index contributed by atoms with van der Waals surface area (Å²) in [5.74, 6) is 0.469. The van der Waals surface area contributed by atoms with Gasteiger partial charge in [0.25, 0.3) is 11.7 Å². The van der Waals surface area contributed by atoms with Crippen LogP contribution in [0.4, 0.5) is 0 Å². The van der Waals surface area contributed by atoms with Gasteiger partial charge in [-0.2, -0.15) is 4.98 Å². The third kappa shape index (κ3) is 3.08. The van der Waals surface area contributed by atoms with Crippen molar-refractivity contribution in [3.8, 4) is 0 Å². The maximum absolute atomic E-state index is 12.6. The van der Waals surface area contributed by atoms with E-state index in [1.165, 1.54) is 0 Å². The summed E-state index contributed by atoms with van der Waals surface area (Å²) in [7, 11) is 0. The van der Waals surface area contributed by atoms with Gasteiger partial charge in [-0.25, -0.2) is 0 Å². The molecule has 7 nitrogen and oxygen atoms in total.